The molecule has 20 heavy (non-hydrogen) atoms. The van der Waals surface area contributed by atoms with Crippen molar-refractivity contribution in [3.05, 3.63) is 0 Å². The average Bonchev–Trinajstić information content (AvgIpc) is 2.36. The minimum absolute atomic E-state index is 0.0114. The van der Waals surface area contributed by atoms with Gasteiger partial charge in [0.15, 0.2) is 0 Å². The molecule has 0 saturated carbocycles. The Morgan fingerprint density at radius 2 is 1.60 bits per heavy atom. The zero-order valence-electron chi connectivity index (χ0n) is 11.2. The summed E-state index contributed by atoms with van der Waals surface area (Å²) < 4.78 is 53.0. The van der Waals surface area contributed by atoms with E-state index in [1.807, 2.05) is 0 Å². The van der Waals surface area contributed by atoms with E-state index in [1.165, 1.54) is 0 Å². The van der Waals surface area contributed by atoms with Gasteiger partial charge in [0.25, 0.3) is 10.2 Å². The number of hydrogen-bond acceptors (Lipinski definition) is 6. The molecule has 9 nitrogen and oxygen atoms in total. The van der Waals surface area contributed by atoms with Crippen LogP contribution < -0.4 is 5.14 Å². The highest BCUT2D eigenvalue weighted by Crippen LogP contribution is 2.10. The normalized spacial score (nSPS) is 18.9. The van der Waals surface area contributed by atoms with Crippen LogP contribution in [0.15, 0.2) is 0 Å². The molecular formula is C9H19N3O6S2. The summed E-state index contributed by atoms with van der Waals surface area (Å²) in [5.41, 5.74) is 0. The molecule has 0 aromatic heterocycles. The SMILES string of the molecule is CCOC(=O)CCS(=O)(=O)N1CCN(S(N)(=O)=O)CC1. The van der Waals surface area contributed by atoms with Crippen molar-refractivity contribution in [1.29, 1.82) is 0 Å². The third-order valence-corrected chi connectivity index (χ3v) is 5.78. The smallest absolute Gasteiger partial charge is 0.306 e. The van der Waals surface area contributed by atoms with Crippen LogP contribution in [-0.4, -0.2) is 70.0 Å². The van der Waals surface area contributed by atoms with E-state index in [0.29, 0.717) is 0 Å². The third-order valence-electron chi connectivity index (χ3n) is 2.82. The molecule has 0 aliphatic carbocycles. The summed E-state index contributed by atoms with van der Waals surface area (Å²) in [5.74, 6) is -0.916. The first-order valence-corrected chi connectivity index (χ1v) is 9.19. The molecule has 2 N–H and O–H groups in total. The van der Waals surface area contributed by atoms with Crippen LogP contribution in [0.5, 0.6) is 0 Å². The van der Waals surface area contributed by atoms with Crippen molar-refractivity contribution in [2.45, 2.75) is 13.3 Å². The summed E-state index contributed by atoms with van der Waals surface area (Å²) in [4.78, 5) is 11.1. The van der Waals surface area contributed by atoms with Gasteiger partial charge in [-0.05, 0) is 6.92 Å². The Labute approximate surface area is 118 Å². The number of carbonyl (C=O) groups is 1. The zero-order valence-corrected chi connectivity index (χ0v) is 12.8. The number of piperazine rings is 1. The van der Waals surface area contributed by atoms with Crippen molar-refractivity contribution >= 4 is 26.2 Å². The standard InChI is InChI=1S/C9H19N3O6S2/c1-2-18-9(13)3-8-19(14,15)11-4-6-12(7-5-11)20(10,16)17/h2-8H2,1H3,(H2,10,16,17). The molecule has 0 amide bonds. The first kappa shape index (κ1) is 17.3. The lowest BCUT2D eigenvalue weighted by Crippen LogP contribution is -2.52. The fourth-order valence-corrected chi connectivity index (χ4v) is 3.85. The van der Waals surface area contributed by atoms with Gasteiger partial charge in [-0.2, -0.15) is 17.0 Å². The molecule has 1 aliphatic heterocycles. The monoisotopic (exact) mass is 329 g/mol. The summed E-state index contributed by atoms with van der Waals surface area (Å²) >= 11 is 0. The Hall–Kier alpha value is -0.750. The number of ether oxygens (including phenoxy) is 1. The molecular weight excluding hydrogens is 310 g/mol. The Morgan fingerprint density at radius 3 is 2.05 bits per heavy atom. The van der Waals surface area contributed by atoms with Crippen molar-refractivity contribution < 1.29 is 26.4 Å². The van der Waals surface area contributed by atoms with E-state index in [1.54, 1.807) is 6.92 Å². The number of esters is 1. The van der Waals surface area contributed by atoms with E-state index in [0.717, 1.165) is 8.61 Å². The molecule has 0 atom stereocenters. The van der Waals surface area contributed by atoms with Gasteiger partial charge in [0.2, 0.25) is 10.0 Å². The van der Waals surface area contributed by atoms with Gasteiger partial charge in [-0.15, -0.1) is 0 Å². The molecule has 0 aromatic rings. The molecule has 1 saturated heterocycles. The van der Waals surface area contributed by atoms with Crippen LogP contribution in [0.3, 0.4) is 0 Å². The van der Waals surface area contributed by atoms with Gasteiger partial charge in [0.1, 0.15) is 0 Å². The maximum Gasteiger partial charge on any atom is 0.306 e. The van der Waals surface area contributed by atoms with Crippen LogP contribution in [0.2, 0.25) is 0 Å². The first-order valence-electron chi connectivity index (χ1n) is 6.08. The molecule has 0 aromatic carbocycles. The van der Waals surface area contributed by atoms with Crippen molar-refractivity contribution in [2.24, 2.45) is 5.14 Å². The lowest BCUT2D eigenvalue weighted by atomic mass is 10.4. The maximum atomic E-state index is 12.0. The van der Waals surface area contributed by atoms with Crippen molar-refractivity contribution in [1.82, 2.24) is 8.61 Å². The number of rotatable bonds is 6. The van der Waals surface area contributed by atoms with E-state index >= 15 is 0 Å². The fourth-order valence-electron chi connectivity index (χ4n) is 1.78. The highest BCUT2D eigenvalue weighted by Gasteiger charge is 2.30. The molecule has 1 heterocycles. The van der Waals surface area contributed by atoms with Crippen LogP contribution in [0.1, 0.15) is 13.3 Å². The fraction of sp³-hybridized carbons (Fsp3) is 0.889. The second-order valence-corrected chi connectivity index (χ2v) is 7.85. The summed E-state index contributed by atoms with van der Waals surface area (Å²) in [7, 11) is -7.39. The van der Waals surface area contributed by atoms with Gasteiger partial charge >= 0.3 is 5.97 Å². The number of carbonyl (C=O) groups excluding carboxylic acids is 1. The van der Waals surface area contributed by atoms with Crippen molar-refractivity contribution in [3.63, 3.8) is 0 Å². The van der Waals surface area contributed by atoms with Gasteiger partial charge in [0.05, 0.1) is 18.8 Å². The van der Waals surface area contributed by atoms with Crippen molar-refractivity contribution in [2.75, 3.05) is 38.5 Å². The number of nitrogens with zero attached hydrogens (tertiary/aromatic N) is 2. The van der Waals surface area contributed by atoms with Gasteiger partial charge in [0, 0.05) is 26.2 Å². The van der Waals surface area contributed by atoms with Crippen LogP contribution in [0.4, 0.5) is 0 Å². The lowest BCUT2D eigenvalue weighted by Gasteiger charge is -2.32. The van der Waals surface area contributed by atoms with Crippen LogP contribution in [0, 0.1) is 0 Å². The second kappa shape index (κ2) is 6.80. The van der Waals surface area contributed by atoms with Crippen LogP contribution in [-0.2, 0) is 29.8 Å². The Balaban J connectivity index is 2.53. The molecule has 1 rings (SSSR count). The van der Waals surface area contributed by atoms with Crippen LogP contribution in [0.25, 0.3) is 0 Å². The Kier molecular flexibility index (Phi) is 5.89. The summed E-state index contributed by atoms with van der Waals surface area (Å²) in [6.45, 7) is 1.92. The van der Waals surface area contributed by atoms with E-state index in [9.17, 15) is 21.6 Å². The molecule has 0 radical (unpaired) electrons. The predicted molar refractivity (Wildman–Crippen MR) is 71.3 cm³/mol. The minimum atomic E-state index is -3.79. The van der Waals surface area contributed by atoms with E-state index < -0.39 is 26.2 Å². The summed E-state index contributed by atoms with van der Waals surface area (Å²) in [6, 6.07) is 0. The van der Waals surface area contributed by atoms with Crippen molar-refractivity contribution in [3.8, 4) is 0 Å². The van der Waals surface area contributed by atoms with E-state index in [2.05, 4.69) is 4.74 Å². The zero-order chi connectivity index (χ0) is 15.4. The van der Waals surface area contributed by atoms with Crippen LogP contribution >= 0.6 is 0 Å². The lowest BCUT2D eigenvalue weighted by molar-refractivity contribution is -0.142. The molecule has 11 heteroatoms. The number of sulfonamides is 1. The topological polar surface area (TPSA) is 127 Å². The molecule has 1 aliphatic rings. The largest absolute Gasteiger partial charge is 0.466 e. The number of nitrogens with two attached hydrogens (primary N) is 1. The highest BCUT2D eigenvalue weighted by molar-refractivity contribution is 7.89. The maximum absolute atomic E-state index is 12.0. The molecule has 118 valence electrons. The summed E-state index contributed by atoms with van der Waals surface area (Å²) in [6.07, 6.45) is -0.217. The molecule has 0 bridgehead atoms. The van der Waals surface area contributed by atoms with Gasteiger partial charge in [-0.25, -0.2) is 13.6 Å². The Morgan fingerprint density at radius 1 is 1.10 bits per heavy atom. The minimum Gasteiger partial charge on any atom is -0.466 e. The quantitative estimate of drug-likeness (QED) is 0.567. The molecule has 0 spiro atoms. The molecule has 1 fully saturated rings. The molecule has 0 unspecified atom stereocenters. The third kappa shape index (κ3) is 4.98. The average molecular weight is 329 g/mol. The second-order valence-electron chi connectivity index (χ2n) is 4.21. The Bertz CT molecular complexity index is 536. The van der Waals surface area contributed by atoms with E-state index in [4.69, 9.17) is 5.14 Å². The van der Waals surface area contributed by atoms with Gasteiger partial charge in [-0.3, -0.25) is 4.79 Å². The van der Waals surface area contributed by atoms with Gasteiger partial charge < -0.3 is 4.74 Å². The first-order chi connectivity index (χ1) is 9.16. The highest BCUT2D eigenvalue weighted by atomic mass is 32.2. The van der Waals surface area contributed by atoms with E-state index in [-0.39, 0.29) is 45.0 Å². The number of hydrogen-bond donors (Lipinski definition) is 1. The van der Waals surface area contributed by atoms with Gasteiger partial charge in [-0.1, -0.05) is 0 Å². The summed E-state index contributed by atoms with van der Waals surface area (Å²) in [5, 5.41) is 4.97. The predicted octanol–water partition coefficient (Wildman–Crippen LogP) is -1.91.